The molecule has 1 aliphatic carbocycles. The van der Waals surface area contributed by atoms with Crippen LogP contribution in [0.2, 0.25) is 0 Å². The summed E-state index contributed by atoms with van der Waals surface area (Å²) in [5.74, 6) is 0. The van der Waals surface area contributed by atoms with E-state index in [2.05, 4.69) is 74.5 Å². The smallest absolute Gasteiger partial charge is 0.00134 e. The van der Waals surface area contributed by atoms with Gasteiger partial charge in [-0.3, -0.25) is 0 Å². The number of fused-ring (bicyclic) bond motifs is 3. The Hall–Kier alpha value is -2.34. The minimum Gasteiger partial charge on any atom is -0.0614 e. The first-order valence-corrected chi connectivity index (χ1v) is 7.50. The molecule has 3 aromatic rings. The molecule has 0 atom stereocenters. The Labute approximate surface area is 126 Å². The molecule has 4 rings (SSSR count). The van der Waals surface area contributed by atoms with Gasteiger partial charge in [-0.05, 0) is 59.7 Å². The predicted octanol–water partition coefficient (Wildman–Crippen LogP) is 5.54. The van der Waals surface area contributed by atoms with Gasteiger partial charge in [0.05, 0.1) is 0 Å². The van der Waals surface area contributed by atoms with Gasteiger partial charge in [0.1, 0.15) is 0 Å². The van der Waals surface area contributed by atoms with E-state index in [-0.39, 0.29) is 0 Å². The molecule has 0 radical (unpaired) electrons. The Kier molecular flexibility index (Phi) is 2.71. The first-order chi connectivity index (χ1) is 10.2. The number of hydrogen-bond acceptors (Lipinski definition) is 0. The zero-order valence-electron chi connectivity index (χ0n) is 12.5. The van der Waals surface area contributed by atoms with Crippen molar-refractivity contribution in [2.75, 3.05) is 0 Å². The van der Waals surface area contributed by atoms with E-state index in [1.165, 1.54) is 44.5 Å². The fourth-order valence-corrected chi connectivity index (χ4v) is 3.29. The third-order valence-corrected chi connectivity index (χ3v) is 4.40. The standard InChI is InChI=1S/C21H18/c1-14-4-3-5-16(10-14)17-8-9-19-12-18-7-6-15(2)11-20(18)21(19)13-17/h3-11,13H,12H2,1-2H3. The van der Waals surface area contributed by atoms with Crippen molar-refractivity contribution in [3.63, 3.8) is 0 Å². The molecular formula is C21H18. The third kappa shape index (κ3) is 2.08. The van der Waals surface area contributed by atoms with Crippen molar-refractivity contribution in [1.29, 1.82) is 0 Å². The van der Waals surface area contributed by atoms with Gasteiger partial charge in [-0.1, -0.05) is 65.7 Å². The van der Waals surface area contributed by atoms with Crippen LogP contribution in [0, 0.1) is 13.8 Å². The first-order valence-electron chi connectivity index (χ1n) is 7.50. The molecule has 0 unspecified atom stereocenters. The lowest BCUT2D eigenvalue weighted by atomic mass is 9.97. The van der Waals surface area contributed by atoms with Gasteiger partial charge in [-0.15, -0.1) is 0 Å². The maximum atomic E-state index is 2.36. The van der Waals surface area contributed by atoms with Gasteiger partial charge in [-0.2, -0.15) is 0 Å². The van der Waals surface area contributed by atoms with Crippen LogP contribution in [-0.4, -0.2) is 0 Å². The summed E-state index contributed by atoms with van der Waals surface area (Å²) < 4.78 is 0. The molecule has 0 aliphatic heterocycles. The molecule has 0 N–H and O–H groups in total. The molecule has 3 aromatic carbocycles. The maximum absolute atomic E-state index is 2.36. The van der Waals surface area contributed by atoms with E-state index in [4.69, 9.17) is 0 Å². The minimum atomic E-state index is 1.07. The summed E-state index contributed by atoms with van der Waals surface area (Å²) >= 11 is 0. The highest BCUT2D eigenvalue weighted by Crippen LogP contribution is 2.39. The van der Waals surface area contributed by atoms with Crippen molar-refractivity contribution in [3.05, 3.63) is 82.9 Å². The third-order valence-electron chi connectivity index (χ3n) is 4.40. The molecule has 1 aliphatic rings. The monoisotopic (exact) mass is 270 g/mol. The van der Waals surface area contributed by atoms with Crippen LogP contribution in [0.4, 0.5) is 0 Å². The second-order valence-corrected chi connectivity index (χ2v) is 6.08. The molecule has 0 bridgehead atoms. The minimum absolute atomic E-state index is 1.07. The average Bonchev–Trinajstić information content (AvgIpc) is 2.84. The molecule has 0 heterocycles. The van der Waals surface area contributed by atoms with Crippen LogP contribution < -0.4 is 0 Å². The molecular weight excluding hydrogens is 252 g/mol. The van der Waals surface area contributed by atoms with E-state index in [1.807, 2.05) is 0 Å². The molecule has 0 amide bonds. The van der Waals surface area contributed by atoms with Gasteiger partial charge in [-0.25, -0.2) is 0 Å². The quantitative estimate of drug-likeness (QED) is 0.426. The fraction of sp³-hybridized carbons (Fsp3) is 0.143. The van der Waals surface area contributed by atoms with Crippen LogP contribution in [0.5, 0.6) is 0 Å². The normalized spacial score (nSPS) is 12.1. The number of rotatable bonds is 1. The van der Waals surface area contributed by atoms with Gasteiger partial charge < -0.3 is 0 Å². The summed E-state index contributed by atoms with van der Waals surface area (Å²) in [4.78, 5) is 0. The lowest BCUT2D eigenvalue weighted by Gasteiger charge is -2.07. The van der Waals surface area contributed by atoms with E-state index < -0.39 is 0 Å². The number of aryl methyl sites for hydroxylation is 2. The summed E-state index contributed by atoms with van der Waals surface area (Å²) in [5, 5.41) is 0. The van der Waals surface area contributed by atoms with Crippen LogP contribution in [0.3, 0.4) is 0 Å². The van der Waals surface area contributed by atoms with Gasteiger partial charge in [0, 0.05) is 0 Å². The molecule has 0 heteroatoms. The van der Waals surface area contributed by atoms with Gasteiger partial charge >= 0.3 is 0 Å². The maximum Gasteiger partial charge on any atom is -0.00134 e. The van der Waals surface area contributed by atoms with Crippen molar-refractivity contribution >= 4 is 0 Å². The fourth-order valence-electron chi connectivity index (χ4n) is 3.29. The van der Waals surface area contributed by atoms with Crippen LogP contribution >= 0.6 is 0 Å². The predicted molar refractivity (Wildman–Crippen MR) is 89.6 cm³/mol. The van der Waals surface area contributed by atoms with Gasteiger partial charge in [0.2, 0.25) is 0 Å². The van der Waals surface area contributed by atoms with Crippen molar-refractivity contribution in [2.45, 2.75) is 20.3 Å². The van der Waals surface area contributed by atoms with E-state index in [1.54, 1.807) is 0 Å². The summed E-state index contributed by atoms with van der Waals surface area (Å²) in [7, 11) is 0. The van der Waals surface area contributed by atoms with Crippen molar-refractivity contribution < 1.29 is 0 Å². The Balaban J connectivity index is 1.88. The van der Waals surface area contributed by atoms with Gasteiger partial charge in [0.15, 0.2) is 0 Å². The number of benzene rings is 3. The largest absolute Gasteiger partial charge is 0.0614 e. The highest BCUT2D eigenvalue weighted by Gasteiger charge is 2.18. The average molecular weight is 270 g/mol. The van der Waals surface area contributed by atoms with Crippen LogP contribution in [0.25, 0.3) is 22.3 Å². The highest BCUT2D eigenvalue weighted by molar-refractivity contribution is 5.81. The zero-order chi connectivity index (χ0) is 14.4. The molecule has 0 saturated carbocycles. The van der Waals surface area contributed by atoms with E-state index >= 15 is 0 Å². The summed E-state index contributed by atoms with van der Waals surface area (Å²) in [6.45, 7) is 4.32. The Morgan fingerprint density at radius 1 is 0.619 bits per heavy atom. The number of hydrogen-bond donors (Lipinski definition) is 0. The van der Waals surface area contributed by atoms with Crippen molar-refractivity contribution in [3.8, 4) is 22.3 Å². The van der Waals surface area contributed by atoms with Crippen LogP contribution in [0.1, 0.15) is 22.3 Å². The molecule has 0 aromatic heterocycles. The molecule has 0 spiro atoms. The van der Waals surface area contributed by atoms with Crippen LogP contribution in [-0.2, 0) is 6.42 Å². The molecule has 102 valence electrons. The molecule has 0 saturated heterocycles. The highest BCUT2D eigenvalue weighted by atomic mass is 14.2. The van der Waals surface area contributed by atoms with Crippen molar-refractivity contribution in [2.24, 2.45) is 0 Å². The summed E-state index contributed by atoms with van der Waals surface area (Å²) in [6.07, 6.45) is 1.07. The van der Waals surface area contributed by atoms with E-state index in [0.29, 0.717) is 0 Å². The SMILES string of the molecule is Cc1cccc(-c2ccc3c(c2)-c2cc(C)ccc2C3)c1. The Bertz CT molecular complexity index is 840. The Morgan fingerprint density at radius 3 is 2.10 bits per heavy atom. The molecule has 0 fully saturated rings. The molecule has 21 heavy (non-hydrogen) atoms. The topological polar surface area (TPSA) is 0 Å². The van der Waals surface area contributed by atoms with E-state index in [0.717, 1.165) is 6.42 Å². The van der Waals surface area contributed by atoms with Crippen LogP contribution in [0.15, 0.2) is 60.7 Å². The van der Waals surface area contributed by atoms with Crippen molar-refractivity contribution in [1.82, 2.24) is 0 Å². The summed E-state index contributed by atoms with van der Waals surface area (Å²) in [5.41, 5.74) is 11.0. The van der Waals surface area contributed by atoms with E-state index in [9.17, 15) is 0 Å². The second-order valence-electron chi connectivity index (χ2n) is 6.08. The lowest BCUT2D eigenvalue weighted by Crippen LogP contribution is -1.84. The van der Waals surface area contributed by atoms with Gasteiger partial charge in [0.25, 0.3) is 0 Å². The lowest BCUT2D eigenvalue weighted by molar-refractivity contribution is 1.26. The summed E-state index contributed by atoms with van der Waals surface area (Å²) in [6, 6.07) is 22.5. The first kappa shape index (κ1) is 12.4. The Morgan fingerprint density at radius 2 is 1.29 bits per heavy atom. The molecule has 0 nitrogen and oxygen atoms in total. The zero-order valence-corrected chi connectivity index (χ0v) is 12.5. The second kappa shape index (κ2) is 4.60.